The maximum atomic E-state index is 10.4. The fourth-order valence-corrected chi connectivity index (χ4v) is 6.46. The Hall–Kier alpha value is -7.57. The molecule has 0 saturated carbocycles. The number of hydrogen-bond donors (Lipinski definition) is 6. The van der Waals surface area contributed by atoms with Crippen LogP contribution in [0.3, 0.4) is 0 Å². The van der Waals surface area contributed by atoms with Crippen LogP contribution in [0.2, 0.25) is 5.02 Å². The first kappa shape index (κ1) is 39.7. The number of halogens is 1. The molecule has 0 fully saturated rings. The van der Waals surface area contributed by atoms with Crippen LogP contribution in [0.5, 0.6) is 34.5 Å². The van der Waals surface area contributed by atoms with Crippen molar-refractivity contribution in [1.82, 2.24) is 29.9 Å². The number of phenols is 6. The summed E-state index contributed by atoms with van der Waals surface area (Å²) in [4.78, 5) is 27.3. The smallest absolute Gasteiger partial charge is 0.167 e. The van der Waals surface area contributed by atoms with Gasteiger partial charge in [-0.1, -0.05) is 59.1 Å². The summed E-state index contributed by atoms with van der Waals surface area (Å²) in [6.07, 6.45) is 0. The van der Waals surface area contributed by atoms with Crippen LogP contribution in [0, 0.1) is 27.7 Å². The molecule has 0 spiro atoms. The minimum atomic E-state index is -0.209. The fraction of sp³-hybridized carbons (Fsp3) is 0.0870. The third-order valence-electron chi connectivity index (χ3n) is 9.29. The van der Waals surface area contributed by atoms with Gasteiger partial charge in [-0.05, 0) is 99.5 Å². The molecule has 0 aliphatic rings. The van der Waals surface area contributed by atoms with Crippen molar-refractivity contribution in [2.24, 2.45) is 0 Å². The SMILES string of the molecule is Cc1ccc(-c2nc(-c3ccc(C)cc3C)nc(-c3ccc(O)cc3O)n2)c(C)c1.Oc1ccc(-c2nc(-c3ccc(Cl)cc3)nc(-c3ccc(O)cc3O)n2)c(O)c1. The van der Waals surface area contributed by atoms with Crippen LogP contribution in [0.25, 0.3) is 68.3 Å². The van der Waals surface area contributed by atoms with Gasteiger partial charge in [-0.2, -0.15) is 0 Å². The number of aryl methyl sites for hydroxylation is 4. The van der Waals surface area contributed by atoms with E-state index in [1.165, 1.54) is 48.5 Å². The number of nitrogens with zero attached hydrogens (tertiary/aromatic N) is 6. The first-order chi connectivity index (χ1) is 28.2. The Bertz CT molecular complexity index is 2630. The summed E-state index contributed by atoms with van der Waals surface area (Å²) in [7, 11) is 0. The lowest BCUT2D eigenvalue weighted by Gasteiger charge is -2.12. The highest BCUT2D eigenvalue weighted by atomic mass is 35.5. The van der Waals surface area contributed by atoms with Crippen LogP contribution in [0.4, 0.5) is 0 Å². The maximum Gasteiger partial charge on any atom is 0.167 e. The zero-order valence-electron chi connectivity index (χ0n) is 32.2. The summed E-state index contributed by atoms with van der Waals surface area (Å²) in [5, 5.41) is 60.2. The topological polar surface area (TPSA) is 199 Å². The van der Waals surface area contributed by atoms with Crippen LogP contribution in [0.15, 0.2) is 115 Å². The maximum absolute atomic E-state index is 10.4. The molecule has 0 unspecified atom stereocenters. The van der Waals surface area contributed by atoms with E-state index in [-0.39, 0.29) is 57.3 Å². The standard InChI is InChI=1S/C25H23N3O2.C21H14ClN3O4/c1-14-5-8-19(16(3)11-14)23-26-24(20-9-6-15(2)12-17(20)4)28-25(27-23)21-10-7-18(29)13-22(21)30;22-12-3-1-11(2-4-12)19-23-20(15-7-5-13(26)9-17(15)28)25-21(24-19)16-8-6-14(27)10-18(16)29/h5-13,29-30H,1-4H3;1-10,26-29H. The molecule has 8 aromatic rings. The summed E-state index contributed by atoms with van der Waals surface area (Å²) >= 11 is 5.96. The van der Waals surface area contributed by atoms with Crippen LogP contribution in [-0.4, -0.2) is 60.5 Å². The molecular weight excluding hydrogens is 768 g/mol. The molecule has 0 aliphatic heterocycles. The average Bonchev–Trinajstić information content (AvgIpc) is 3.18. The second-order valence-electron chi connectivity index (χ2n) is 13.9. The van der Waals surface area contributed by atoms with Gasteiger partial charge in [0.2, 0.25) is 0 Å². The van der Waals surface area contributed by atoms with Gasteiger partial charge in [0.05, 0.1) is 16.7 Å². The number of aromatic hydroxyl groups is 6. The highest BCUT2D eigenvalue weighted by molar-refractivity contribution is 6.30. The van der Waals surface area contributed by atoms with Crippen molar-refractivity contribution in [2.75, 3.05) is 0 Å². The fourth-order valence-electron chi connectivity index (χ4n) is 6.34. The van der Waals surface area contributed by atoms with E-state index < -0.39 is 0 Å². The van der Waals surface area contributed by atoms with Gasteiger partial charge in [-0.3, -0.25) is 0 Å². The van der Waals surface area contributed by atoms with Crippen molar-refractivity contribution >= 4 is 11.6 Å². The average molecular weight is 805 g/mol. The van der Waals surface area contributed by atoms with Gasteiger partial charge in [-0.15, -0.1) is 0 Å². The Morgan fingerprint density at radius 2 is 0.644 bits per heavy atom. The Labute approximate surface area is 344 Å². The summed E-state index contributed by atoms with van der Waals surface area (Å²) in [5.74, 6) is 1.29. The van der Waals surface area contributed by atoms with Crippen molar-refractivity contribution in [3.63, 3.8) is 0 Å². The van der Waals surface area contributed by atoms with E-state index in [9.17, 15) is 30.6 Å². The number of rotatable bonds is 6. The van der Waals surface area contributed by atoms with Crippen molar-refractivity contribution in [1.29, 1.82) is 0 Å². The second kappa shape index (κ2) is 16.5. The lowest BCUT2D eigenvalue weighted by molar-refractivity contribution is 0.450. The van der Waals surface area contributed by atoms with E-state index >= 15 is 0 Å². The first-order valence-corrected chi connectivity index (χ1v) is 18.6. The molecule has 294 valence electrons. The van der Waals surface area contributed by atoms with Crippen LogP contribution >= 0.6 is 11.6 Å². The van der Waals surface area contributed by atoms with Crippen LogP contribution in [-0.2, 0) is 0 Å². The van der Waals surface area contributed by atoms with Crippen LogP contribution < -0.4 is 0 Å². The lowest BCUT2D eigenvalue weighted by Crippen LogP contribution is -2.02. The van der Waals surface area contributed by atoms with Gasteiger partial charge in [0, 0.05) is 39.9 Å². The monoisotopic (exact) mass is 804 g/mol. The summed E-state index contributed by atoms with van der Waals surface area (Å²) in [6.45, 7) is 8.15. The minimum absolute atomic E-state index is 0.0190. The Balaban J connectivity index is 0.000000179. The minimum Gasteiger partial charge on any atom is -0.508 e. The van der Waals surface area contributed by atoms with E-state index in [4.69, 9.17) is 16.6 Å². The second-order valence-corrected chi connectivity index (χ2v) is 14.3. The number of hydrogen-bond acceptors (Lipinski definition) is 12. The van der Waals surface area contributed by atoms with Gasteiger partial charge >= 0.3 is 0 Å². The molecule has 0 amide bonds. The van der Waals surface area contributed by atoms with Gasteiger partial charge in [-0.25, -0.2) is 29.9 Å². The molecule has 0 atom stereocenters. The third kappa shape index (κ3) is 8.88. The molecule has 59 heavy (non-hydrogen) atoms. The third-order valence-corrected chi connectivity index (χ3v) is 9.54. The molecule has 13 heteroatoms. The number of phenolic OH excluding ortho intramolecular Hbond substituents is 6. The van der Waals surface area contributed by atoms with Gasteiger partial charge in [0.1, 0.15) is 34.5 Å². The summed E-state index contributed by atoms with van der Waals surface area (Å²) < 4.78 is 0. The molecule has 0 aliphatic carbocycles. The highest BCUT2D eigenvalue weighted by Crippen LogP contribution is 2.36. The van der Waals surface area contributed by atoms with Crippen molar-refractivity contribution in [3.05, 3.63) is 143 Å². The van der Waals surface area contributed by atoms with E-state index in [1.54, 1.807) is 30.3 Å². The molecule has 0 bridgehead atoms. The van der Waals surface area contributed by atoms with Crippen molar-refractivity contribution in [2.45, 2.75) is 27.7 Å². The van der Waals surface area contributed by atoms with Crippen LogP contribution in [0.1, 0.15) is 22.3 Å². The van der Waals surface area contributed by atoms with Crippen molar-refractivity contribution < 1.29 is 30.6 Å². The predicted octanol–water partition coefficient (Wildman–Crippen LogP) is 9.87. The molecule has 12 nitrogen and oxygen atoms in total. The summed E-state index contributed by atoms with van der Waals surface area (Å²) in [6, 6.07) is 31.6. The normalized spacial score (nSPS) is 10.9. The van der Waals surface area contributed by atoms with E-state index in [0.717, 1.165) is 33.4 Å². The zero-order chi connectivity index (χ0) is 42.0. The molecule has 2 heterocycles. The number of benzene rings is 6. The number of aromatic nitrogens is 6. The predicted molar refractivity (Wildman–Crippen MR) is 226 cm³/mol. The molecule has 2 aromatic heterocycles. The first-order valence-electron chi connectivity index (χ1n) is 18.2. The largest absolute Gasteiger partial charge is 0.508 e. The Kier molecular flexibility index (Phi) is 11.1. The Morgan fingerprint density at radius 1 is 0.339 bits per heavy atom. The van der Waals surface area contributed by atoms with E-state index in [1.807, 2.05) is 52.0 Å². The quantitative estimate of drug-likeness (QED) is 0.0931. The lowest BCUT2D eigenvalue weighted by atomic mass is 10.0. The van der Waals surface area contributed by atoms with E-state index in [2.05, 4.69) is 37.1 Å². The van der Waals surface area contributed by atoms with Gasteiger partial charge in [0.25, 0.3) is 0 Å². The molecule has 0 radical (unpaired) electrons. The molecule has 6 aromatic carbocycles. The highest BCUT2D eigenvalue weighted by Gasteiger charge is 2.19. The van der Waals surface area contributed by atoms with E-state index in [0.29, 0.717) is 39.4 Å². The van der Waals surface area contributed by atoms with Gasteiger partial charge < -0.3 is 30.6 Å². The Morgan fingerprint density at radius 3 is 0.966 bits per heavy atom. The summed E-state index contributed by atoms with van der Waals surface area (Å²) in [5.41, 5.74) is 7.92. The molecule has 0 saturated heterocycles. The van der Waals surface area contributed by atoms with Gasteiger partial charge in [0.15, 0.2) is 34.9 Å². The zero-order valence-corrected chi connectivity index (χ0v) is 33.0. The van der Waals surface area contributed by atoms with Crippen molar-refractivity contribution in [3.8, 4) is 103 Å². The molecule has 6 N–H and O–H groups in total. The molecular formula is C46H37ClN6O6. The molecule has 8 rings (SSSR count).